The molecule has 0 aromatic heterocycles. The third kappa shape index (κ3) is 1.86. The van der Waals surface area contributed by atoms with Crippen molar-refractivity contribution in [2.45, 2.75) is 13.8 Å². The van der Waals surface area contributed by atoms with Crippen LogP contribution in [0.2, 0.25) is 0 Å². The lowest BCUT2D eigenvalue weighted by Gasteiger charge is -2.03. The molecule has 0 unspecified atom stereocenters. The van der Waals surface area contributed by atoms with E-state index in [4.69, 9.17) is 14.6 Å². The minimum atomic E-state index is -0.919. The highest BCUT2D eigenvalue weighted by molar-refractivity contribution is 5.91. The zero-order chi connectivity index (χ0) is 11.7. The fourth-order valence-corrected chi connectivity index (χ4v) is 1.51. The van der Waals surface area contributed by atoms with Gasteiger partial charge in [-0.2, -0.15) is 0 Å². The second-order valence-electron chi connectivity index (χ2n) is 3.69. The van der Waals surface area contributed by atoms with Gasteiger partial charge in [-0.15, -0.1) is 0 Å². The van der Waals surface area contributed by atoms with Gasteiger partial charge >= 0.3 is 5.97 Å². The van der Waals surface area contributed by atoms with Gasteiger partial charge in [-0.3, -0.25) is 0 Å². The molecule has 1 heterocycles. The average molecular weight is 220 g/mol. The zero-order valence-electron chi connectivity index (χ0n) is 9.11. The molecule has 1 aliphatic rings. The fraction of sp³-hybridized carbons (Fsp3) is 0.250. The molecule has 0 saturated carbocycles. The molecule has 84 valence electrons. The molecule has 0 aliphatic carbocycles. The molecule has 0 atom stereocenters. The molecule has 4 nitrogen and oxygen atoms in total. The minimum Gasteiger partial charge on any atom is -0.478 e. The molecule has 2 rings (SSSR count). The SMILES string of the molecule is C/C(=C\c1cc2c(cc1C)OCO2)C(=O)O. The smallest absolute Gasteiger partial charge is 0.331 e. The van der Waals surface area contributed by atoms with E-state index in [1.54, 1.807) is 19.1 Å². The fourth-order valence-electron chi connectivity index (χ4n) is 1.51. The largest absolute Gasteiger partial charge is 0.478 e. The predicted molar refractivity (Wildman–Crippen MR) is 58.6 cm³/mol. The molecule has 0 amide bonds. The third-order valence-electron chi connectivity index (χ3n) is 2.47. The highest BCUT2D eigenvalue weighted by Crippen LogP contribution is 2.35. The number of carboxylic acids is 1. The Morgan fingerprint density at radius 2 is 2.00 bits per heavy atom. The topological polar surface area (TPSA) is 55.8 Å². The van der Waals surface area contributed by atoms with E-state index >= 15 is 0 Å². The molecule has 1 aromatic rings. The maximum atomic E-state index is 10.7. The van der Waals surface area contributed by atoms with Crippen LogP contribution < -0.4 is 9.47 Å². The first-order valence-corrected chi connectivity index (χ1v) is 4.90. The van der Waals surface area contributed by atoms with Crippen LogP contribution in [0.3, 0.4) is 0 Å². The van der Waals surface area contributed by atoms with Gasteiger partial charge in [-0.05, 0) is 43.2 Å². The Morgan fingerprint density at radius 3 is 2.62 bits per heavy atom. The van der Waals surface area contributed by atoms with E-state index in [0.717, 1.165) is 11.1 Å². The van der Waals surface area contributed by atoms with Crippen LogP contribution in [0.25, 0.3) is 6.08 Å². The lowest BCUT2D eigenvalue weighted by Crippen LogP contribution is -1.96. The summed E-state index contributed by atoms with van der Waals surface area (Å²) in [6.07, 6.45) is 1.62. The Hall–Kier alpha value is -1.97. The second kappa shape index (κ2) is 3.89. The van der Waals surface area contributed by atoms with E-state index in [1.165, 1.54) is 0 Å². The Morgan fingerprint density at radius 1 is 1.38 bits per heavy atom. The lowest BCUT2D eigenvalue weighted by molar-refractivity contribution is -0.132. The van der Waals surface area contributed by atoms with Crippen LogP contribution in [-0.2, 0) is 4.79 Å². The maximum absolute atomic E-state index is 10.7. The van der Waals surface area contributed by atoms with Crippen molar-refractivity contribution in [1.29, 1.82) is 0 Å². The molecular formula is C12H12O4. The van der Waals surface area contributed by atoms with Gasteiger partial charge in [-0.25, -0.2) is 4.79 Å². The summed E-state index contributed by atoms with van der Waals surface area (Å²) >= 11 is 0. The van der Waals surface area contributed by atoms with Gasteiger partial charge in [0.15, 0.2) is 11.5 Å². The summed E-state index contributed by atoms with van der Waals surface area (Å²) in [6.45, 7) is 3.69. The molecule has 0 saturated heterocycles. The van der Waals surface area contributed by atoms with E-state index in [-0.39, 0.29) is 6.79 Å². The van der Waals surface area contributed by atoms with Crippen molar-refractivity contribution in [1.82, 2.24) is 0 Å². The van der Waals surface area contributed by atoms with Crippen LogP contribution in [-0.4, -0.2) is 17.9 Å². The number of hydrogen-bond donors (Lipinski definition) is 1. The number of aliphatic carboxylic acids is 1. The molecule has 0 spiro atoms. The number of rotatable bonds is 2. The Labute approximate surface area is 93.1 Å². The maximum Gasteiger partial charge on any atom is 0.331 e. The first-order chi connectivity index (χ1) is 7.58. The second-order valence-corrected chi connectivity index (χ2v) is 3.69. The van der Waals surface area contributed by atoms with Crippen LogP contribution >= 0.6 is 0 Å². The molecule has 4 heteroatoms. The molecule has 1 N–H and O–H groups in total. The van der Waals surface area contributed by atoms with Crippen LogP contribution in [0.15, 0.2) is 17.7 Å². The van der Waals surface area contributed by atoms with E-state index in [1.807, 2.05) is 13.0 Å². The van der Waals surface area contributed by atoms with Gasteiger partial charge in [0, 0.05) is 5.57 Å². The normalized spacial score (nSPS) is 14.0. The van der Waals surface area contributed by atoms with Gasteiger partial charge in [0.25, 0.3) is 0 Å². The summed E-state index contributed by atoms with van der Waals surface area (Å²) in [4.78, 5) is 10.7. The van der Waals surface area contributed by atoms with Crippen molar-refractivity contribution in [3.63, 3.8) is 0 Å². The van der Waals surface area contributed by atoms with Crippen LogP contribution in [0.5, 0.6) is 11.5 Å². The van der Waals surface area contributed by atoms with Gasteiger partial charge in [0.1, 0.15) is 0 Å². The summed E-state index contributed by atoms with van der Waals surface area (Å²) in [7, 11) is 0. The summed E-state index contributed by atoms with van der Waals surface area (Å²) in [5.74, 6) is 0.453. The van der Waals surface area contributed by atoms with Gasteiger partial charge < -0.3 is 14.6 Å². The van der Waals surface area contributed by atoms with Gasteiger partial charge in [0.05, 0.1) is 0 Å². The van der Waals surface area contributed by atoms with E-state index in [0.29, 0.717) is 17.1 Å². The number of carbonyl (C=O) groups is 1. The summed E-state index contributed by atoms with van der Waals surface area (Å²) in [5, 5.41) is 8.80. The van der Waals surface area contributed by atoms with Crippen molar-refractivity contribution < 1.29 is 19.4 Å². The summed E-state index contributed by atoms with van der Waals surface area (Å²) < 4.78 is 10.5. The van der Waals surface area contributed by atoms with Crippen molar-refractivity contribution in [2.75, 3.05) is 6.79 Å². The highest BCUT2D eigenvalue weighted by atomic mass is 16.7. The first-order valence-electron chi connectivity index (χ1n) is 4.90. The van der Waals surface area contributed by atoms with Crippen molar-refractivity contribution >= 4 is 12.0 Å². The number of aryl methyl sites for hydroxylation is 1. The Balaban J connectivity index is 2.43. The molecule has 0 bridgehead atoms. The zero-order valence-corrected chi connectivity index (χ0v) is 9.11. The molecule has 1 aliphatic heterocycles. The number of hydrogen-bond acceptors (Lipinski definition) is 3. The van der Waals surface area contributed by atoms with E-state index < -0.39 is 5.97 Å². The Bertz CT molecular complexity index is 474. The molecular weight excluding hydrogens is 208 g/mol. The van der Waals surface area contributed by atoms with Crippen LogP contribution in [0, 0.1) is 6.92 Å². The average Bonchev–Trinajstić information content (AvgIpc) is 2.65. The third-order valence-corrected chi connectivity index (χ3v) is 2.47. The number of fused-ring (bicyclic) bond motifs is 1. The molecule has 0 radical (unpaired) electrons. The summed E-state index contributed by atoms with van der Waals surface area (Å²) in [5.41, 5.74) is 2.09. The van der Waals surface area contributed by atoms with Crippen LogP contribution in [0.1, 0.15) is 18.1 Å². The quantitative estimate of drug-likeness (QED) is 0.776. The highest BCUT2D eigenvalue weighted by Gasteiger charge is 2.15. The predicted octanol–water partition coefficient (Wildman–Crippen LogP) is 2.21. The van der Waals surface area contributed by atoms with Gasteiger partial charge in [0.2, 0.25) is 6.79 Å². The minimum absolute atomic E-state index is 0.222. The molecule has 0 fully saturated rings. The van der Waals surface area contributed by atoms with Crippen molar-refractivity contribution in [3.05, 3.63) is 28.8 Å². The van der Waals surface area contributed by atoms with E-state index in [2.05, 4.69) is 0 Å². The van der Waals surface area contributed by atoms with E-state index in [9.17, 15) is 4.79 Å². The Kier molecular flexibility index (Phi) is 2.56. The van der Waals surface area contributed by atoms with Crippen LogP contribution in [0.4, 0.5) is 0 Å². The number of ether oxygens (including phenoxy) is 2. The summed E-state index contributed by atoms with van der Waals surface area (Å²) in [6, 6.07) is 3.65. The first kappa shape index (κ1) is 10.5. The van der Waals surface area contributed by atoms with Crippen molar-refractivity contribution in [2.24, 2.45) is 0 Å². The standard InChI is InChI=1S/C12H12O4/c1-7-4-10-11(16-6-15-10)5-9(7)3-8(2)12(13)14/h3-5H,6H2,1-2H3,(H,13,14)/b8-3+. The van der Waals surface area contributed by atoms with Crippen molar-refractivity contribution in [3.8, 4) is 11.5 Å². The molecule has 16 heavy (non-hydrogen) atoms. The number of carboxylic acid groups (broad SMARTS) is 1. The molecule has 1 aromatic carbocycles. The monoisotopic (exact) mass is 220 g/mol. The van der Waals surface area contributed by atoms with Gasteiger partial charge in [-0.1, -0.05) is 0 Å². The number of benzene rings is 1. The lowest BCUT2D eigenvalue weighted by atomic mass is 10.1.